The summed E-state index contributed by atoms with van der Waals surface area (Å²) in [6.07, 6.45) is 5.00. The normalized spacial score (nSPS) is 18.4. The van der Waals surface area contributed by atoms with Gasteiger partial charge in [-0.1, -0.05) is 12.8 Å². The van der Waals surface area contributed by atoms with Crippen LogP contribution in [0.25, 0.3) is 11.8 Å². The first kappa shape index (κ1) is 21.5. The molecule has 1 aliphatic heterocycles. The molecular weight excluding hydrogens is 410 g/mol. The number of methoxy groups -OCH3 is 1. The van der Waals surface area contributed by atoms with Gasteiger partial charge in [-0.2, -0.15) is 0 Å². The maximum Gasteiger partial charge on any atom is 0.337 e. The zero-order chi connectivity index (χ0) is 23.0. The van der Waals surface area contributed by atoms with Gasteiger partial charge in [-0.3, -0.25) is 19.8 Å². The fourth-order valence-electron chi connectivity index (χ4n) is 4.52. The number of urea groups is 1. The SMILES string of the molecule is COC(=O)c1ccc(-n2c(C)cc(/C=C3/C(=O)NC(=O)N(C4CCCC4)C3=O)c2C)cc1. The van der Waals surface area contributed by atoms with Crippen molar-refractivity contribution < 1.29 is 23.9 Å². The van der Waals surface area contributed by atoms with Crippen LogP contribution in [0.5, 0.6) is 0 Å². The number of benzene rings is 1. The van der Waals surface area contributed by atoms with Gasteiger partial charge in [-0.05, 0) is 68.7 Å². The second-order valence-electron chi connectivity index (χ2n) is 8.13. The summed E-state index contributed by atoms with van der Waals surface area (Å²) in [4.78, 5) is 50.8. The molecule has 0 unspecified atom stereocenters. The third-order valence-corrected chi connectivity index (χ3v) is 6.14. The van der Waals surface area contributed by atoms with E-state index in [0.29, 0.717) is 11.1 Å². The van der Waals surface area contributed by atoms with Gasteiger partial charge in [-0.25, -0.2) is 9.59 Å². The molecule has 1 aliphatic carbocycles. The molecule has 0 bridgehead atoms. The Labute approximate surface area is 185 Å². The third kappa shape index (κ3) is 3.72. The van der Waals surface area contributed by atoms with Crippen LogP contribution in [0, 0.1) is 13.8 Å². The van der Waals surface area contributed by atoms with E-state index in [1.807, 2.05) is 36.6 Å². The molecular formula is C24H25N3O5. The van der Waals surface area contributed by atoms with Crippen LogP contribution in [0.4, 0.5) is 4.79 Å². The molecule has 1 saturated carbocycles. The number of ether oxygens (including phenoxy) is 1. The predicted molar refractivity (Wildman–Crippen MR) is 117 cm³/mol. The van der Waals surface area contributed by atoms with Gasteiger partial charge < -0.3 is 9.30 Å². The highest BCUT2D eigenvalue weighted by atomic mass is 16.5. The number of nitrogens with one attached hydrogen (secondary N) is 1. The largest absolute Gasteiger partial charge is 0.465 e. The summed E-state index contributed by atoms with van der Waals surface area (Å²) in [6.45, 7) is 3.80. The van der Waals surface area contributed by atoms with E-state index in [0.717, 1.165) is 42.8 Å². The number of hydrogen-bond donors (Lipinski definition) is 1. The Morgan fingerprint density at radius 3 is 2.38 bits per heavy atom. The van der Waals surface area contributed by atoms with E-state index >= 15 is 0 Å². The molecule has 2 fully saturated rings. The average molecular weight is 435 g/mol. The second kappa shape index (κ2) is 8.45. The van der Waals surface area contributed by atoms with Crippen molar-refractivity contribution in [3.8, 4) is 5.69 Å². The van der Waals surface area contributed by atoms with Crippen LogP contribution in [0.2, 0.25) is 0 Å². The summed E-state index contributed by atoms with van der Waals surface area (Å²) in [6, 6.07) is 8.06. The van der Waals surface area contributed by atoms with Gasteiger partial charge >= 0.3 is 12.0 Å². The first-order valence-corrected chi connectivity index (χ1v) is 10.6. The van der Waals surface area contributed by atoms with Crippen LogP contribution >= 0.6 is 0 Å². The lowest BCUT2D eigenvalue weighted by atomic mass is 10.1. The van der Waals surface area contributed by atoms with Crippen LogP contribution in [0.1, 0.15) is 53.0 Å². The predicted octanol–water partition coefficient (Wildman–Crippen LogP) is 3.29. The van der Waals surface area contributed by atoms with Gasteiger partial charge in [0.2, 0.25) is 0 Å². The summed E-state index contributed by atoms with van der Waals surface area (Å²) in [5.74, 6) is -1.63. The molecule has 0 spiro atoms. The number of nitrogens with zero attached hydrogens (tertiary/aromatic N) is 2. The summed E-state index contributed by atoms with van der Waals surface area (Å²) < 4.78 is 6.71. The van der Waals surface area contributed by atoms with E-state index < -0.39 is 23.8 Å². The molecule has 4 rings (SSSR count). The van der Waals surface area contributed by atoms with E-state index in [1.165, 1.54) is 12.0 Å². The summed E-state index contributed by atoms with van der Waals surface area (Å²) >= 11 is 0. The Hall–Kier alpha value is -3.68. The van der Waals surface area contributed by atoms with Gasteiger partial charge in [-0.15, -0.1) is 0 Å². The van der Waals surface area contributed by atoms with Crippen LogP contribution in [0.3, 0.4) is 0 Å². The van der Waals surface area contributed by atoms with Crippen molar-refractivity contribution >= 4 is 29.9 Å². The maximum absolute atomic E-state index is 13.1. The van der Waals surface area contributed by atoms with Crippen molar-refractivity contribution in [2.24, 2.45) is 0 Å². The van der Waals surface area contributed by atoms with Crippen molar-refractivity contribution in [2.75, 3.05) is 7.11 Å². The summed E-state index contributed by atoms with van der Waals surface area (Å²) in [5.41, 5.74) is 3.66. The Morgan fingerprint density at radius 2 is 1.75 bits per heavy atom. The molecule has 166 valence electrons. The fourth-order valence-corrected chi connectivity index (χ4v) is 4.52. The maximum atomic E-state index is 13.1. The van der Waals surface area contributed by atoms with E-state index in [1.54, 1.807) is 18.2 Å². The quantitative estimate of drug-likeness (QED) is 0.452. The Morgan fingerprint density at radius 1 is 1.09 bits per heavy atom. The monoisotopic (exact) mass is 435 g/mol. The summed E-state index contributed by atoms with van der Waals surface area (Å²) in [5, 5.41) is 2.31. The molecule has 1 saturated heterocycles. The molecule has 0 atom stereocenters. The van der Waals surface area contributed by atoms with E-state index in [-0.39, 0.29) is 11.6 Å². The topological polar surface area (TPSA) is 97.7 Å². The number of rotatable bonds is 4. The lowest BCUT2D eigenvalue weighted by Gasteiger charge is -2.31. The van der Waals surface area contributed by atoms with Crippen LogP contribution in [0.15, 0.2) is 35.9 Å². The molecule has 1 aromatic carbocycles. The lowest BCUT2D eigenvalue weighted by Crippen LogP contribution is -2.57. The first-order chi connectivity index (χ1) is 15.3. The number of barbiturate groups is 1. The Kier molecular flexibility index (Phi) is 5.69. The minimum absolute atomic E-state index is 0.0437. The zero-order valence-corrected chi connectivity index (χ0v) is 18.3. The van der Waals surface area contributed by atoms with Crippen molar-refractivity contribution in [2.45, 2.75) is 45.6 Å². The van der Waals surface area contributed by atoms with Crippen LogP contribution in [-0.2, 0) is 14.3 Å². The van der Waals surface area contributed by atoms with Gasteiger partial charge in [0.1, 0.15) is 5.57 Å². The highest BCUT2D eigenvalue weighted by Gasteiger charge is 2.40. The molecule has 32 heavy (non-hydrogen) atoms. The van der Waals surface area contributed by atoms with Gasteiger partial charge in [0.05, 0.1) is 12.7 Å². The molecule has 4 amide bonds. The van der Waals surface area contributed by atoms with E-state index in [4.69, 9.17) is 4.74 Å². The molecule has 0 radical (unpaired) electrons. The van der Waals surface area contributed by atoms with Crippen molar-refractivity contribution in [3.63, 3.8) is 0 Å². The number of esters is 1. The first-order valence-electron chi connectivity index (χ1n) is 10.6. The number of imide groups is 2. The molecule has 8 nitrogen and oxygen atoms in total. The number of aryl methyl sites for hydroxylation is 1. The zero-order valence-electron chi connectivity index (χ0n) is 18.3. The summed E-state index contributed by atoms with van der Waals surface area (Å²) in [7, 11) is 1.33. The second-order valence-corrected chi connectivity index (χ2v) is 8.13. The lowest BCUT2D eigenvalue weighted by molar-refractivity contribution is -0.131. The molecule has 2 aromatic rings. The fraction of sp³-hybridized carbons (Fsp3) is 0.333. The molecule has 1 aromatic heterocycles. The molecule has 2 heterocycles. The van der Waals surface area contributed by atoms with Crippen LogP contribution < -0.4 is 5.32 Å². The average Bonchev–Trinajstić information content (AvgIpc) is 3.38. The Balaban J connectivity index is 1.68. The number of aromatic nitrogens is 1. The Bertz CT molecular complexity index is 1140. The van der Waals surface area contributed by atoms with Gasteiger partial charge in [0.15, 0.2) is 0 Å². The van der Waals surface area contributed by atoms with E-state index in [2.05, 4.69) is 5.32 Å². The third-order valence-electron chi connectivity index (χ3n) is 6.14. The van der Waals surface area contributed by atoms with Crippen LogP contribution in [-0.4, -0.2) is 46.4 Å². The van der Waals surface area contributed by atoms with Crippen molar-refractivity contribution in [1.29, 1.82) is 0 Å². The molecule has 8 heteroatoms. The van der Waals surface area contributed by atoms with Crippen molar-refractivity contribution in [1.82, 2.24) is 14.8 Å². The van der Waals surface area contributed by atoms with Gasteiger partial charge in [0.25, 0.3) is 11.8 Å². The minimum Gasteiger partial charge on any atom is -0.465 e. The highest BCUT2D eigenvalue weighted by Crippen LogP contribution is 2.28. The smallest absolute Gasteiger partial charge is 0.337 e. The number of amides is 4. The minimum atomic E-state index is -0.679. The standard InChI is InChI=1S/C24H25N3O5/c1-14-12-17(15(2)26(14)19-10-8-16(9-11-19)23(30)32-3)13-20-21(28)25-24(31)27(22(20)29)18-6-4-5-7-18/h8-13,18H,4-7H2,1-3H3,(H,25,28,31)/b20-13-. The van der Waals surface area contributed by atoms with Gasteiger partial charge in [0, 0.05) is 23.1 Å². The highest BCUT2D eigenvalue weighted by molar-refractivity contribution is 6.31. The number of carbonyl (C=O) groups excluding carboxylic acids is 4. The number of carbonyl (C=O) groups is 4. The molecule has 2 aliphatic rings. The van der Waals surface area contributed by atoms with Crippen molar-refractivity contribution in [3.05, 3.63) is 58.4 Å². The number of hydrogen-bond acceptors (Lipinski definition) is 5. The molecule has 1 N–H and O–H groups in total. The van der Waals surface area contributed by atoms with E-state index in [9.17, 15) is 19.2 Å².